The maximum atomic E-state index is 11.6. The third kappa shape index (κ3) is 7.84. The van der Waals surface area contributed by atoms with Crippen LogP contribution in [0, 0.1) is 0 Å². The summed E-state index contributed by atoms with van der Waals surface area (Å²) in [5, 5.41) is 11.7. The van der Waals surface area contributed by atoms with Crippen molar-refractivity contribution in [1.82, 2.24) is 5.32 Å². The Hall–Kier alpha value is -1.49. The number of carboxylic acid groups (broad SMARTS) is 1. The van der Waals surface area contributed by atoms with Crippen LogP contribution < -0.4 is 5.32 Å². The molecule has 0 aromatic heterocycles. The molecule has 2 N–H and O–H groups in total. The molecule has 0 aliphatic heterocycles. The first kappa shape index (κ1) is 16.6. The molecule has 5 heteroatoms. The second-order valence-electron chi connectivity index (χ2n) is 4.65. The molecule has 0 bridgehead atoms. The highest BCUT2D eigenvalue weighted by Gasteiger charge is 2.07. The van der Waals surface area contributed by atoms with Gasteiger partial charge in [-0.3, -0.25) is 9.59 Å². The van der Waals surface area contributed by atoms with Gasteiger partial charge in [-0.1, -0.05) is 25.1 Å². The second-order valence-corrected chi connectivity index (χ2v) is 6.16. The van der Waals surface area contributed by atoms with Gasteiger partial charge in [0.1, 0.15) is 0 Å². The molecule has 1 atom stereocenters. The van der Waals surface area contributed by atoms with Crippen molar-refractivity contribution in [3.05, 3.63) is 30.3 Å². The standard InChI is InChI=1S/C15H21NO3S/c1-12(20-13-7-3-2-4-8-13)11-16-14(17)9-5-6-10-15(18)19/h2-4,7-8,12H,5-6,9-11H2,1H3,(H,16,17)(H,18,19). The summed E-state index contributed by atoms with van der Waals surface area (Å²) < 4.78 is 0. The van der Waals surface area contributed by atoms with Crippen LogP contribution in [0.25, 0.3) is 0 Å². The first-order valence-electron chi connectivity index (χ1n) is 6.78. The van der Waals surface area contributed by atoms with E-state index in [1.807, 2.05) is 18.2 Å². The lowest BCUT2D eigenvalue weighted by atomic mass is 10.2. The molecule has 110 valence electrons. The molecule has 0 saturated carbocycles. The van der Waals surface area contributed by atoms with Gasteiger partial charge >= 0.3 is 5.97 Å². The van der Waals surface area contributed by atoms with Gasteiger partial charge in [-0.2, -0.15) is 0 Å². The summed E-state index contributed by atoms with van der Waals surface area (Å²) in [5.74, 6) is -0.811. The number of carboxylic acids is 1. The van der Waals surface area contributed by atoms with E-state index in [0.717, 1.165) is 0 Å². The number of carbonyl (C=O) groups excluding carboxylic acids is 1. The van der Waals surface area contributed by atoms with Crippen LogP contribution in [0.15, 0.2) is 35.2 Å². The molecule has 0 heterocycles. The van der Waals surface area contributed by atoms with Gasteiger partial charge in [0, 0.05) is 29.5 Å². The fraction of sp³-hybridized carbons (Fsp3) is 0.467. The fourth-order valence-corrected chi connectivity index (χ4v) is 2.63. The average molecular weight is 295 g/mol. The summed E-state index contributed by atoms with van der Waals surface area (Å²) in [7, 11) is 0. The zero-order valence-corrected chi connectivity index (χ0v) is 12.5. The lowest BCUT2D eigenvalue weighted by Gasteiger charge is -2.12. The molecule has 4 nitrogen and oxygen atoms in total. The highest BCUT2D eigenvalue weighted by atomic mass is 32.2. The summed E-state index contributed by atoms with van der Waals surface area (Å²) in [5.41, 5.74) is 0. The Kier molecular flexibility index (Phi) is 7.80. The zero-order chi connectivity index (χ0) is 14.8. The number of benzene rings is 1. The topological polar surface area (TPSA) is 66.4 Å². The Morgan fingerprint density at radius 1 is 1.20 bits per heavy atom. The first-order chi connectivity index (χ1) is 9.58. The Labute approximate surface area is 124 Å². The number of hydrogen-bond acceptors (Lipinski definition) is 3. The molecule has 0 fully saturated rings. The Bertz CT molecular complexity index is 422. The van der Waals surface area contributed by atoms with Crippen LogP contribution in [-0.2, 0) is 9.59 Å². The number of nitrogens with one attached hydrogen (secondary N) is 1. The number of aliphatic carboxylic acids is 1. The molecular formula is C15H21NO3S. The van der Waals surface area contributed by atoms with Crippen LogP contribution in [-0.4, -0.2) is 28.8 Å². The maximum Gasteiger partial charge on any atom is 0.303 e. The molecular weight excluding hydrogens is 274 g/mol. The van der Waals surface area contributed by atoms with Crippen molar-refractivity contribution < 1.29 is 14.7 Å². The fourth-order valence-electron chi connectivity index (χ4n) is 1.68. The summed E-state index contributed by atoms with van der Waals surface area (Å²) in [6.07, 6.45) is 1.71. The van der Waals surface area contributed by atoms with E-state index in [1.165, 1.54) is 4.90 Å². The van der Waals surface area contributed by atoms with Gasteiger partial charge in [0.25, 0.3) is 0 Å². The van der Waals surface area contributed by atoms with E-state index in [9.17, 15) is 9.59 Å². The lowest BCUT2D eigenvalue weighted by molar-refractivity contribution is -0.137. The Balaban J connectivity index is 2.12. The molecule has 0 spiro atoms. The smallest absolute Gasteiger partial charge is 0.303 e. The number of unbranched alkanes of at least 4 members (excludes halogenated alkanes) is 1. The van der Waals surface area contributed by atoms with E-state index in [4.69, 9.17) is 5.11 Å². The average Bonchev–Trinajstić information content (AvgIpc) is 2.42. The van der Waals surface area contributed by atoms with E-state index in [2.05, 4.69) is 24.4 Å². The Morgan fingerprint density at radius 2 is 1.85 bits per heavy atom. The van der Waals surface area contributed by atoms with Crippen LogP contribution in [0.3, 0.4) is 0 Å². The van der Waals surface area contributed by atoms with Crippen molar-refractivity contribution in [3.63, 3.8) is 0 Å². The largest absolute Gasteiger partial charge is 0.481 e. The van der Waals surface area contributed by atoms with Gasteiger partial charge < -0.3 is 10.4 Å². The molecule has 1 unspecified atom stereocenters. The van der Waals surface area contributed by atoms with Gasteiger partial charge in [0.05, 0.1) is 0 Å². The van der Waals surface area contributed by atoms with E-state index in [0.29, 0.717) is 31.1 Å². The van der Waals surface area contributed by atoms with Crippen LogP contribution in [0.1, 0.15) is 32.6 Å². The minimum Gasteiger partial charge on any atom is -0.481 e. The molecule has 0 aliphatic carbocycles. The number of amides is 1. The molecule has 0 aliphatic rings. The van der Waals surface area contributed by atoms with E-state index in [-0.39, 0.29) is 12.3 Å². The molecule has 20 heavy (non-hydrogen) atoms. The third-order valence-corrected chi connectivity index (χ3v) is 3.83. The van der Waals surface area contributed by atoms with E-state index in [1.54, 1.807) is 11.8 Å². The summed E-state index contributed by atoms with van der Waals surface area (Å²) in [6.45, 7) is 2.69. The molecule has 1 amide bonds. The van der Waals surface area contributed by atoms with Crippen molar-refractivity contribution >= 4 is 23.6 Å². The molecule has 1 aromatic carbocycles. The van der Waals surface area contributed by atoms with E-state index < -0.39 is 5.97 Å². The lowest BCUT2D eigenvalue weighted by Crippen LogP contribution is -2.29. The summed E-state index contributed by atoms with van der Waals surface area (Å²) >= 11 is 1.73. The van der Waals surface area contributed by atoms with Crippen LogP contribution in [0.4, 0.5) is 0 Å². The summed E-state index contributed by atoms with van der Waals surface area (Å²) in [4.78, 5) is 23.1. The van der Waals surface area contributed by atoms with Gasteiger partial charge in [0.15, 0.2) is 0 Å². The normalized spacial score (nSPS) is 11.8. The van der Waals surface area contributed by atoms with Crippen molar-refractivity contribution in [3.8, 4) is 0 Å². The predicted molar refractivity (Wildman–Crippen MR) is 80.9 cm³/mol. The molecule has 0 saturated heterocycles. The monoisotopic (exact) mass is 295 g/mol. The van der Waals surface area contributed by atoms with Crippen LogP contribution >= 0.6 is 11.8 Å². The third-order valence-electron chi connectivity index (χ3n) is 2.71. The van der Waals surface area contributed by atoms with Crippen molar-refractivity contribution in [2.75, 3.05) is 6.54 Å². The second kappa shape index (κ2) is 9.42. The first-order valence-corrected chi connectivity index (χ1v) is 7.66. The van der Waals surface area contributed by atoms with Crippen molar-refractivity contribution in [1.29, 1.82) is 0 Å². The molecule has 0 radical (unpaired) electrons. The predicted octanol–water partition coefficient (Wildman–Crippen LogP) is 2.93. The quantitative estimate of drug-likeness (QED) is 0.543. The van der Waals surface area contributed by atoms with Crippen LogP contribution in [0.5, 0.6) is 0 Å². The highest BCUT2D eigenvalue weighted by Crippen LogP contribution is 2.21. The number of rotatable bonds is 9. The minimum atomic E-state index is -0.807. The molecule has 1 rings (SSSR count). The zero-order valence-electron chi connectivity index (χ0n) is 11.7. The number of carbonyl (C=O) groups is 2. The van der Waals surface area contributed by atoms with Crippen molar-refractivity contribution in [2.45, 2.75) is 42.8 Å². The minimum absolute atomic E-state index is 0.00380. The van der Waals surface area contributed by atoms with Gasteiger partial charge in [0.2, 0.25) is 5.91 Å². The highest BCUT2D eigenvalue weighted by molar-refractivity contribution is 8.00. The van der Waals surface area contributed by atoms with Gasteiger partial charge in [-0.15, -0.1) is 11.8 Å². The van der Waals surface area contributed by atoms with Crippen molar-refractivity contribution in [2.24, 2.45) is 0 Å². The van der Waals surface area contributed by atoms with E-state index >= 15 is 0 Å². The SMILES string of the molecule is CC(CNC(=O)CCCCC(=O)O)Sc1ccccc1. The van der Waals surface area contributed by atoms with Gasteiger partial charge in [-0.05, 0) is 25.0 Å². The Morgan fingerprint density at radius 3 is 2.50 bits per heavy atom. The summed E-state index contributed by atoms with van der Waals surface area (Å²) in [6, 6.07) is 10.1. The number of hydrogen-bond donors (Lipinski definition) is 2. The molecule has 1 aromatic rings. The number of thioether (sulfide) groups is 1. The maximum absolute atomic E-state index is 11.6. The van der Waals surface area contributed by atoms with Crippen LogP contribution in [0.2, 0.25) is 0 Å². The van der Waals surface area contributed by atoms with Gasteiger partial charge in [-0.25, -0.2) is 0 Å².